The number of anilines is 1. The molecule has 1 aromatic heterocycles. The number of ether oxygens (including phenoxy) is 1. The minimum atomic E-state index is -0.334. The van der Waals surface area contributed by atoms with Crippen LogP contribution in [0.15, 0.2) is 84.9 Å². The maximum Gasteiger partial charge on any atom is 0.272 e. The van der Waals surface area contributed by atoms with E-state index >= 15 is 0 Å². The van der Waals surface area contributed by atoms with E-state index in [0.29, 0.717) is 43.3 Å². The zero-order valence-electron chi connectivity index (χ0n) is 18.9. The molecule has 0 aliphatic carbocycles. The number of hydrogen-bond acceptors (Lipinski definition) is 4. The van der Waals surface area contributed by atoms with E-state index in [1.807, 2.05) is 65.6 Å². The first-order valence-electron chi connectivity index (χ1n) is 11.2. The zero-order valence-corrected chi connectivity index (χ0v) is 18.9. The fourth-order valence-corrected chi connectivity index (χ4v) is 4.27. The van der Waals surface area contributed by atoms with Gasteiger partial charge < -0.3 is 14.5 Å². The van der Waals surface area contributed by atoms with Crippen molar-refractivity contribution < 1.29 is 13.9 Å². The van der Waals surface area contributed by atoms with Crippen LogP contribution in [0.5, 0.6) is 5.75 Å². The second-order valence-electron chi connectivity index (χ2n) is 8.12. The lowest BCUT2D eigenvalue weighted by Gasteiger charge is -2.36. The van der Waals surface area contributed by atoms with Crippen molar-refractivity contribution in [1.29, 1.82) is 0 Å². The highest BCUT2D eigenvalue weighted by Gasteiger charge is 2.27. The molecule has 6 nitrogen and oxygen atoms in total. The Bertz CT molecular complexity index is 1280. The number of amides is 1. The number of piperazine rings is 1. The van der Waals surface area contributed by atoms with Crippen LogP contribution in [0.4, 0.5) is 10.1 Å². The molecule has 1 aliphatic rings. The van der Waals surface area contributed by atoms with Crippen LogP contribution in [0.3, 0.4) is 0 Å². The van der Waals surface area contributed by atoms with Crippen LogP contribution in [0, 0.1) is 5.82 Å². The summed E-state index contributed by atoms with van der Waals surface area (Å²) in [4.78, 5) is 17.7. The lowest BCUT2D eigenvalue weighted by molar-refractivity contribution is 0.0737. The van der Waals surface area contributed by atoms with Gasteiger partial charge in [-0.3, -0.25) is 4.79 Å². The Hall–Kier alpha value is -4.13. The van der Waals surface area contributed by atoms with Gasteiger partial charge >= 0.3 is 0 Å². The van der Waals surface area contributed by atoms with Gasteiger partial charge in [-0.1, -0.05) is 42.5 Å². The summed E-state index contributed by atoms with van der Waals surface area (Å²) in [5.41, 5.74) is 3.73. The van der Waals surface area contributed by atoms with Gasteiger partial charge in [0.25, 0.3) is 5.91 Å². The Balaban J connectivity index is 1.42. The molecule has 0 saturated carbocycles. The van der Waals surface area contributed by atoms with Gasteiger partial charge in [-0.05, 0) is 42.5 Å². The van der Waals surface area contributed by atoms with Crippen LogP contribution in [-0.4, -0.2) is 53.9 Å². The van der Waals surface area contributed by atoms with Crippen molar-refractivity contribution in [1.82, 2.24) is 14.7 Å². The largest absolute Gasteiger partial charge is 0.495 e. The first-order chi connectivity index (χ1) is 16.6. The summed E-state index contributed by atoms with van der Waals surface area (Å²) in [5.74, 6) is 0.391. The van der Waals surface area contributed by atoms with Crippen molar-refractivity contribution >= 4 is 11.6 Å². The molecule has 172 valence electrons. The molecular formula is C27H25FN4O2. The number of rotatable bonds is 5. The lowest BCUT2D eigenvalue weighted by atomic mass is 10.1. The second-order valence-corrected chi connectivity index (χ2v) is 8.12. The normalized spacial score (nSPS) is 13.7. The highest BCUT2D eigenvalue weighted by Crippen LogP contribution is 2.29. The smallest absolute Gasteiger partial charge is 0.272 e. The van der Waals surface area contributed by atoms with Crippen molar-refractivity contribution in [3.8, 4) is 22.7 Å². The lowest BCUT2D eigenvalue weighted by Crippen LogP contribution is -2.49. The van der Waals surface area contributed by atoms with Crippen molar-refractivity contribution in [3.63, 3.8) is 0 Å². The average molecular weight is 457 g/mol. The maximum atomic E-state index is 13.6. The summed E-state index contributed by atoms with van der Waals surface area (Å²) in [7, 11) is 1.67. The van der Waals surface area contributed by atoms with Crippen molar-refractivity contribution in [2.24, 2.45) is 0 Å². The Morgan fingerprint density at radius 2 is 1.56 bits per heavy atom. The molecule has 3 aromatic carbocycles. The molecule has 0 spiro atoms. The van der Waals surface area contributed by atoms with E-state index in [2.05, 4.69) is 4.90 Å². The average Bonchev–Trinajstić information content (AvgIpc) is 3.35. The molecular weight excluding hydrogens is 431 g/mol. The molecule has 0 radical (unpaired) electrons. The van der Waals surface area contributed by atoms with E-state index in [9.17, 15) is 9.18 Å². The summed E-state index contributed by atoms with van der Waals surface area (Å²) >= 11 is 0. The summed E-state index contributed by atoms with van der Waals surface area (Å²) in [6.07, 6.45) is 0. The Morgan fingerprint density at radius 1 is 0.882 bits per heavy atom. The van der Waals surface area contributed by atoms with Crippen molar-refractivity contribution in [2.75, 3.05) is 38.2 Å². The van der Waals surface area contributed by atoms with Gasteiger partial charge in [-0.25, -0.2) is 9.07 Å². The van der Waals surface area contributed by atoms with Crippen LogP contribution >= 0.6 is 0 Å². The van der Waals surface area contributed by atoms with Crippen LogP contribution in [0.25, 0.3) is 16.9 Å². The third kappa shape index (κ3) is 4.24. The van der Waals surface area contributed by atoms with Crippen LogP contribution < -0.4 is 9.64 Å². The standard InChI is InChI=1S/C27H25FN4O2/c1-34-26-10-6-5-9-24(26)30-15-17-31(18-16-30)27(33)25-19-23(20-7-3-2-4-8-20)29-32(25)22-13-11-21(28)12-14-22/h2-14,19H,15-18H2,1H3. The van der Waals surface area contributed by atoms with E-state index in [-0.39, 0.29) is 11.7 Å². The molecule has 1 saturated heterocycles. The zero-order chi connectivity index (χ0) is 23.5. The topological polar surface area (TPSA) is 50.6 Å². The molecule has 0 N–H and O–H groups in total. The molecule has 1 amide bonds. The first kappa shape index (κ1) is 21.7. The third-order valence-electron chi connectivity index (χ3n) is 6.06. The van der Waals surface area contributed by atoms with Gasteiger partial charge in [0.05, 0.1) is 24.2 Å². The Kier molecular flexibility index (Phi) is 5.99. The Labute approximate surface area is 197 Å². The monoisotopic (exact) mass is 456 g/mol. The van der Waals surface area contributed by atoms with Gasteiger partial charge in [0.15, 0.2) is 0 Å². The number of methoxy groups -OCH3 is 1. The molecule has 1 fully saturated rings. The molecule has 0 unspecified atom stereocenters. The number of carbonyl (C=O) groups is 1. The molecule has 5 rings (SSSR count). The summed E-state index contributed by atoms with van der Waals surface area (Å²) in [6.45, 7) is 2.54. The highest BCUT2D eigenvalue weighted by molar-refractivity contribution is 5.94. The molecule has 7 heteroatoms. The van der Waals surface area contributed by atoms with Crippen LogP contribution in [-0.2, 0) is 0 Å². The van der Waals surface area contributed by atoms with Crippen LogP contribution in [0.2, 0.25) is 0 Å². The number of aromatic nitrogens is 2. The second kappa shape index (κ2) is 9.39. The molecule has 34 heavy (non-hydrogen) atoms. The number of benzene rings is 3. The predicted molar refractivity (Wildman–Crippen MR) is 130 cm³/mol. The van der Waals surface area contributed by atoms with Crippen molar-refractivity contribution in [2.45, 2.75) is 0 Å². The summed E-state index contributed by atoms with van der Waals surface area (Å²) < 4.78 is 20.6. The number of carbonyl (C=O) groups excluding carboxylic acids is 1. The summed E-state index contributed by atoms with van der Waals surface area (Å²) in [6, 6.07) is 25.5. The molecule has 4 aromatic rings. The number of para-hydroxylation sites is 2. The Morgan fingerprint density at radius 3 is 2.26 bits per heavy atom. The van der Waals surface area contributed by atoms with Gasteiger partial charge in [0, 0.05) is 31.7 Å². The van der Waals surface area contributed by atoms with E-state index < -0.39 is 0 Å². The van der Waals surface area contributed by atoms with E-state index in [1.165, 1.54) is 12.1 Å². The van der Waals surface area contributed by atoms with Gasteiger partial charge in [0.1, 0.15) is 17.3 Å². The SMILES string of the molecule is COc1ccccc1N1CCN(C(=O)c2cc(-c3ccccc3)nn2-c2ccc(F)cc2)CC1. The number of halogens is 1. The molecule has 2 heterocycles. The fourth-order valence-electron chi connectivity index (χ4n) is 4.27. The third-order valence-corrected chi connectivity index (χ3v) is 6.06. The van der Waals surface area contributed by atoms with Crippen molar-refractivity contribution in [3.05, 3.63) is 96.4 Å². The molecule has 0 bridgehead atoms. The minimum Gasteiger partial charge on any atom is -0.495 e. The van der Waals surface area contributed by atoms with E-state index in [4.69, 9.17) is 9.84 Å². The molecule has 1 aliphatic heterocycles. The van der Waals surface area contributed by atoms with Gasteiger partial charge in [-0.15, -0.1) is 0 Å². The minimum absolute atomic E-state index is 0.0984. The number of nitrogens with zero attached hydrogens (tertiary/aromatic N) is 4. The highest BCUT2D eigenvalue weighted by atomic mass is 19.1. The fraction of sp³-hybridized carbons (Fsp3) is 0.185. The summed E-state index contributed by atoms with van der Waals surface area (Å²) in [5, 5.41) is 4.70. The first-order valence-corrected chi connectivity index (χ1v) is 11.2. The maximum absolute atomic E-state index is 13.6. The molecule has 0 atom stereocenters. The van der Waals surface area contributed by atoms with E-state index in [1.54, 1.807) is 23.9 Å². The number of hydrogen-bond donors (Lipinski definition) is 0. The van der Waals surface area contributed by atoms with E-state index in [0.717, 1.165) is 17.0 Å². The quantitative estimate of drug-likeness (QED) is 0.439. The predicted octanol–water partition coefficient (Wildman–Crippen LogP) is 4.65. The van der Waals surface area contributed by atoms with Crippen LogP contribution in [0.1, 0.15) is 10.5 Å². The van der Waals surface area contributed by atoms with Gasteiger partial charge in [-0.2, -0.15) is 5.10 Å². The van der Waals surface area contributed by atoms with Gasteiger partial charge in [0.2, 0.25) is 0 Å².